The van der Waals surface area contributed by atoms with Crippen LogP contribution in [-0.4, -0.2) is 78.8 Å². The fourth-order valence-electron chi connectivity index (χ4n) is 5.96. The summed E-state index contributed by atoms with van der Waals surface area (Å²) in [5.41, 5.74) is 7.08. The Bertz CT molecular complexity index is 1830. The van der Waals surface area contributed by atoms with Gasteiger partial charge in [0, 0.05) is 99.3 Å². The van der Waals surface area contributed by atoms with Gasteiger partial charge in [0.05, 0.1) is 28.7 Å². The molecule has 0 atom stereocenters. The van der Waals surface area contributed by atoms with Crippen LogP contribution in [0.4, 0.5) is 0 Å². The summed E-state index contributed by atoms with van der Waals surface area (Å²) in [6, 6.07) is 12.6. The minimum absolute atomic E-state index is 0.0809. The van der Waals surface area contributed by atoms with Gasteiger partial charge in [-0.15, -0.1) is 0 Å². The fourth-order valence-corrected chi connectivity index (χ4v) is 5.96. The molecule has 12 nitrogen and oxygen atoms in total. The smallest absolute Gasteiger partial charge is 0.316 e. The van der Waals surface area contributed by atoms with Gasteiger partial charge in [-0.25, -0.2) is 9.97 Å². The van der Waals surface area contributed by atoms with Gasteiger partial charge in [-0.2, -0.15) is 5.10 Å². The molecule has 1 saturated heterocycles. The second-order valence-electron chi connectivity index (χ2n) is 11.1. The summed E-state index contributed by atoms with van der Waals surface area (Å²) in [6.45, 7) is 4.57. The maximum absolute atomic E-state index is 12.3. The van der Waals surface area contributed by atoms with Crippen molar-refractivity contribution < 1.29 is 24.2 Å². The van der Waals surface area contributed by atoms with Gasteiger partial charge in [-0.1, -0.05) is 18.2 Å². The summed E-state index contributed by atoms with van der Waals surface area (Å²) in [6.07, 6.45) is 9.85. The number of aldehydes is 1. The van der Waals surface area contributed by atoms with Crippen LogP contribution in [0.1, 0.15) is 53.1 Å². The summed E-state index contributed by atoms with van der Waals surface area (Å²) in [7, 11) is 1.00. The number of fused-ring (bicyclic) bond motifs is 2. The Morgan fingerprint density at radius 1 is 1.04 bits per heavy atom. The Kier molecular flexibility index (Phi) is 9.36. The second-order valence-corrected chi connectivity index (χ2v) is 11.1. The Morgan fingerprint density at radius 2 is 1.85 bits per heavy atom. The minimum Gasteiger partial charge on any atom is -0.457 e. The number of ether oxygens (including phenoxy) is 2. The Labute approximate surface area is 266 Å². The van der Waals surface area contributed by atoms with Crippen LogP contribution in [-0.2, 0) is 29.1 Å². The van der Waals surface area contributed by atoms with Crippen LogP contribution in [0.25, 0.3) is 33.3 Å². The second kappa shape index (κ2) is 13.9. The first kappa shape index (κ1) is 30.9. The summed E-state index contributed by atoms with van der Waals surface area (Å²) in [5, 5.41) is 14.3. The molecule has 7 rings (SSSR count). The number of benzene rings is 1. The van der Waals surface area contributed by atoms with Crippen molar-refractivity contribution in [1.29, 1.82) is 0 Å². The van der Waals surface area contributed by atoms with Crippen molar-refractivity contribution in [2.24, 2.45) is 0 Å². The highest BCUT2D eigenvalue weighted by atomic mass is 16.5. The molecule has 1 N–H and O–H groups in total. The number of pyridine rings is 2. The molecule has 4 aromatic heterocycles. The van der Waals surface area contributed by atoms with Gasteiger partial charge in [0.1, 0.15) is 6.61 Å². The van der Waals surface area contributed by atoms with Gasteiger partial charge in [0.15, 0.2) is 6.29 Å². The number of carbonyl (C=O) groups is 2. The predicted molar refractivity (Wildman–Crippen MR) is 170 cm³/mol. The first-order valence-electron chi connectivity index (χ1n) is 15.2. The van der Waals surface area contributed by atoms with Crippen molar-refractivity contribution in [3.63, 3.8) is 0 Å². The first-order chi connectivity index (χ1) is 22.6. The molecule has 236 valence electrons. The molecule has 0 unspecified atom stereocenters. The molecule has 0 saturated carbocycles. The molecule has 0 bridgehead atoms. The molecule has 5 aromatic rings. The number of amides is 1. The van der Waals surface area contributed by atoms with Crippen LogP contribution >= 0.6 is 0 Å². The van der Waals surface area contributed by atoms with E-state index in [1.54, 1.807) is 13.1 Å². The maximum Gasteiger partial charge on any atom is 0.316 e. The van der Waals surface area contributed by atoms with E-state index in [0.717, 1.165) is 78.4 Å². The minimum atomic E-state index is 0.0809. The number of aromatic nitrogens is 6. The molecule has 1 amide bonds. The van der Waals surface area contributed by atoms with Gasteiger partial charge in [0.2, 0.25) is 5.91 Å². The SMILES string of the molecule is CC(=O)N1CCc2c(c(-c3cccc4cc(-c5ccc(COc6ncc(C=O)cn6)nc5)ncc34)nn2C2CCOCC2)C1.CO. The molecule has 1 fully saturated rings. The standard InChI is InChI=1S/C33H31N7O4.CH4O/c1-21(42)39-10-7-31-29(18-39)32(38-40(31)26-8-11-43-12-9-26)27-4-2-3-23-13-30(35-17-28(23)27)24-5-6-25(34-16-24)20-44-33-36-14-22(19-41)15-37-33;1-2/h2-6,13-17,19,26H,7-12,18,20H2,1H3;2H,1H3. The average Bonchev–Trinajstić information content (AvgIpc) is 3.50. The van der Waals surface area contributed by atoms with E-state index in [1.165, 1.54) is 18.1 Å². The molecule has 46 heavy (non-hydrogen) atoms. The van der Waals surface area contributed by atoms with Crippen LogP contribution in [0, 0.1) is 0 Å². The van der Waals surface area contributed by atoms with Crippen molar-refractivity contribution in [2.45, 2.75) is 45.4 Å². The van der Waals surface area contributed by atoms with Crippen molar-refractivity contribution in [2.75, 3.05) is 26.9 Å². The van der Waals surface area contributed by atoms with Crippen LogP contribution in [0.2, 0.25) is 0 Å². The molecule has 1 aromatic carbocycles. The highest BCUT2D eigenvalue weighted by Crippen LogP contribution is 2.37. The van der Waals surface area contributed by atoms with E-state index in [9.17, 15) is 9.59 Å². The normalized spacial score (nSPS) is 14.7. The Hall–Kier alpha value is -5.07. The van der Waals surface area contributed by atoms with E-state index < -0.39 is 0 Å². The lowest BCUT2D eigenvalue weighted by atomic mass is 9.96. The number of aliphatic hydroxyl groups excluding tert-OH is 1. The lowest BCUT2D eigenvalue weighted by molar-refractivity contribution is -0.129. The van der Waals surface area contributed by atoms with E-state index in [2.05, 4.69) is 43.9 Å². The molecule has 2 aliphatic rings. The van der Waals surface area contributed by atoms with Gasteiger partial charge < -0.3 is 19.5 Å². The monoisotopic (exact) mass is 621 g/mol. The van der Waals surface area contributed by atoms with Gasteiger partial charge in [-0.3, -0.25) is 24.2 Å². The number of nitrogens with zero attached hydrogens (tertiary/aromatic N) is 7. The van der Waals surface area contributed by atoms with Crippen molar-refractivity contribution >= 4 is 23.0 Å². The van der Waals surface area contributed by atoms with E-state index in [0.29, 0.717) is 36.7 Å². The van der Waals surface area contributed by atoms with Crippen LogP contribution in [0.15, 0.2) is 61.2 Å². The predicted octanol–water partition coefficient (Wildman–Crippen LogP) is 4.21. The number of carbonyl (C=O) groups excluding carboxylic acids is 2. The number of rotatable bonds is 7. The van der Waals surface area contributed by atoms with Crippen LogP contribution < -0.4 is 4.74 Å². The lowest BCUT2D eigenvalue weighted by Crippen LogP contribution is -2.35. The van der Waals surface area contributed by atoms with E-state index >= 15 is 0 Å². The first-order valence-corrected chi connectivity index (χ1v) is 15.2. The summed E-state index contributed by atoms with van der Waals surface area (Å²) < 4.78 is 13.4. The highest BCUT2D eigenvalue weighted by Gasteiger charge is 2.30. The molecule has 0 radical (unpaired) electrons. The highest BCUT2D eigenvalue weighted by molar-refractivity contribution is 5.97. The molecule has 0 spiro atoms. The molecule has 0 aliphatic carbocycles. The largest absolute Gasteiger partial charge is 0.457 e. The number of aliphatic hydroxyl groups is 1. The zero-order chi connectivity index (χ0) is 32.0. The molecular weight excluding hydrogens is 586 g/mol. The summed E-state index contributed by atoms with van der Waals surface area (Å²) >= 11 is 0. The van der Waals surface area contributed by atoms with Crippen molar-refractivity contribution in [3.8, 4) is 28.5 Å². The molecular formula is C34H35N7O5. The quantitative estimate of drug-likeness (QED) is 0.262. The Balaban J connectivity index is 0.00000182. The summed E-state index contributed by atoms with van der Waals surface area (Å²) in [5.74, 6) is 0.0809. The number of hydrogen-bond acceptors (Lipinski definition) is 10. The molecule has 12 heteroatoms. The van der Waals surface area contributed by atoms with Crippen molar-refractivity contribution in [1.82, 2.24) is 34.6 Å². The fraction of sp³-hybridized carbons (Fsp3) is 0.324. The number of hydrogen-bond donors (Lipinski definition) is 1. The van der Waals surface area contributed by atoms with Crippen LogP contribution in [0.3, 0.4) is 0 Å². The zero-order valence-corrected chi connectivity index (χ0v) is 25.8. The lowest BCUT2D eigenvalue weighted by Gasteiger charge is -2.29. The van der Waals surface area contributed by atoms with Gasteiger partial charge >= 0.3 is 6.01 Å². The maximum atomic E-state index is 12.3. The third-order valence-corrected chi connectivity index (χ3v) is 8.34. The van der Waals surface area contributed by atoms with Gasteiger partial charge in [0.25, 0.3) is 0 Å². The van der Waals surface area contributed by atoms with E-state index in [-0.39, 0.29) is 18.5 Å². The van der Waals surface area contributed by atoms with E-state index in [1.807, 2.05) is 23.2 Å². The third kappa shape index (κ3) is 6.35. The van der Waals surface area contributed by atoms with Gasteiger partial charge in [-0.05, 0) is 36.4 Å². The molecule has 2 aliphatic heterocycles. The summed E-state index contributed by atoms with van der Waals surface area (Å²) in [4.78, 5) is 42.4. The molecule has 6 heterocycles. The average molecular weight is 622 g/mol. The zero-order valence-electron chi connectivity index (χ0n) is 25.8. The third-order valence-electron chi connectivity index (χ3n) is 8.34. The van der Waals surface area contributed by atoms with Crippen LogP contribution in [0.5, 0.6) is 6.01 Å². The topological polar surface area (TPSA) is 145 Å². The van der Waals surface area contributed by atoms with Crippen molar-refractivity contribution in [3.05, 3.63) is 83.7 Å². The van der Waals surface area contributed by atoms with E-state index in [4.69, 9.17) is 24.7 Å². The Morgan fingerprint density at radius 3 is 2.57 bits per heavy atom.